The lowest BCUT2D eigenvalue weighted by molar-refractivity contribution is -0.384. The Bertz CT molecular complexity index is 1560. The molecule has 0 aliphatic heterocycles. The Labute approximate surface area is 215 Å². The van der Waals surface area contributed by atoms with Crippen LogP contribution in [0.5, 0.6) is 0 Å². The Hall–Kier alpha value is -4.08. The molecule has 0 aliphatic carbocycles. The summed E-state index contributed by atoms with van der Waals surface area (Å²) < 4.78 is 26.3. The number of aromatic nitrogens is 5. The molecule has 0 spiro atoms. The molecule has 13 nitrogen and oxygen atoms in total. The lowest BCUT2D eigenvalue weighted by Crippen LogP contribution is -2.16. The summed E-state index contributed by atoms with van der Waals surface area (Å²) in [4.78, 5) is 23.1. The van der Waals surface area contributed by atoms with Crippen LogP contribution in [0.1, 0.15) is 17.2 Å². The van der Waals surface area contributed by atoms with Crippen LogP contribution in [-0.4, -0.2) is 49.5 Å². The molecule has 0 atom stereocenters. The minimum Gasteiger partial charge on any atom is -0.325 e. The van der Waals surface area contributed by atoms with Crippen LogP contribution in [0.4, 0.5) is 11.4 Å². The summed E-state index contributed by atoms with van der Waals surface area (Å²) in [6.07, 6.45) is 0. The monoisotopic (exact) mass is 542 g/mol. The number of aryl methyl sites for hydroxylation is 2. The van der Waals surface area contributed by atoms with E-state index in [9.17, 15) is 23.3 Å². The number of nitro groups is 1. The highest BCUT2D eigenvalue weighted by Crippen LogP contribution is 2.25. The summed E-state index contributed by atoms with van der Waals surface area (Å²) in [6.45, 7) is 4.10. The quantitative estimate of drug-likeness (QED) is 0.182. The van der Waals surface area contributed by atoms with Crippen molar-refractivity contribution < 1.29 is 18.1 Å². The summed E-state index contributed by atoms with van der Waals surface area (Å²) in [5, 5.41) is 32.3. The van der Waals surface area contributed by atoms with Crippen LogP contribution in [0, 0.1) is 24.0 Å². The number of primary sulfonamides is 1. The lowest BCUT2D eigenvalue weighted by Gasteiger charge is -2.11. The molecular formula is C22H22N8O5S2. The van der Waals surface area contributed by atoms with E-state index in [2.05, 4.69) is 20.6 Å². The Balaban J connectivity index is 1.55. The first-order valence-corrected chi connectivity index (χ1v) is 13.3. The molecule has 0 unspecified atom stereocenters. The summed E-state index contributed by atoms with van der Waals surface area (Å²) in [5.74, 6) is 0.148. The first kappa shape index (κ1) is 26.0. The summed E-state index contributed by atoms with van der Waals surface area (Å²) in [6, 6.07) is 13.4. The van der Waals surface area contributed by atoms with Gasteiger partial charge in [0.25, 0.3) is 5.69 Å². The van der Waals surface area contributed by atoms with Gasteiger partial charge in [0, 0.05) is 29.2 Å². The zero-order valence-electron chi connectivity index (χ0n) is 19.7. The Morgan fingerprint density at radius 3 is 2.35 bits per heavy atom. The van der Waals surface area contributed by atoms with E-state index >= 15 is 0 Å². The Morgan fingerprint density at radius 2 is 1.78 bits per heavy atom. The topological polar surface area (TPSA) is 181 Å². The number of non-ortho nitro benzene ring substituents is 1. The van der Waals surface area contributed by atoms with Gasteiger partial charge in [0.05, 0.1) is 21.3 Å². The highest BCUT2D eigenvalue weighted by Gasteiger charge is 2.18. The van der Waals surface area contributed by atoms with E-state index in [1.54, 1.807) is 21.4 Å². The number of carbonyl (C=O) groups excluding carboxylic acids is 1. The Kier molecular flexibility index (Phi) is 7.37. The molecule has 0 saturated carbocycles. The van der Waals surface area contributed by atoms with Gasteiger partial charge in [0.15, 0.2) is 11.0 Å². The third-order valence-corrected chi connectivity index (χ3v) is 7.07. The molecule has 0 saturated heterocycles. The van der Waals surface area contributed by atoms with Crippen molar-refractivity contribution >= 4 is 39.1 Å². The minimum absolute atomic E-state index is 0.0258. The van der Waals surface area contributed by atoms with Gasteiger partial charge in [-0.3, -0.25) is 24.2 Å². The van der Waals surface area contributed by atoms with Crippen LogP contribution in [0.2, 0.25) is 0 Å². The molecule has 0 radical (unpaired) electrons. The van der Waals surface area contributed by atoms with E-state index in [0.717, 1.165) is 23.1 Å². The van der Waals surface area contributed by atoms with Crippen LogP contribution in [0.25, 0.3) is 5.69 Å². The second kappa shape index (κ2) is 10.5. The van der Waals surface area contributed by atoms with Gasteiger partial charge in [0.1, 0.15) is 6.54 Å². The number of sulfonamides is 1. The number of benzene rings is 2. The number of hydrogen-bond donors (Lipinski definition) is 2. The molecule has 2 heterocycles. The van der Waals surface area contributed by atoms with Crippen LogP contribution in [0.3, 0.4) is 0 Å². The van der Waals surface area contributed by atoms with Crippen molar-refractivity contribution in [3.05, 3.63) is 81.9 Å². The zero-order chi connectivity index (χ0) is 26.7. The third-order valence-electron chi connectivity index (χ3n) is 5.21. The van der Waals surface area contributed by atoms with Crippen molar-refractivity contribution in [2.75, 3.05) is 11.1 Å². The van der Waals surface area contributed by atoms with E-state index in [4.69, 9.17) is 5.14 Å². The number of nitrogens with two attached hydrogens (primary N) is 1. The average molecular weight is 543 g/mol. The van der Waals surface area contributed by atoms with Crippen molar-refractivity contribution in [1.82, 2.24) is 24.5 Å². The normalized spacial score (nSPS) is 11.4. The molecule has 0 aliphatic rings. The number of rotatable bonds is 9. The Morgan fingerprint density at radius 1 is 1.11 bits per heavy atom. The molecule has 192 valence electrons. The van der Waals surface area contributed by atoms with E-state index in [0.29, 0.717) is 28.9 Å². The van der Waals surface area contributed by atoms with Gasteiger partial charge in [-0.2, -0.15) is 5.10 Å². The molecule has 3 N–H and O–H groups in total. The van der Waals surface area contributed by atoms with Crippen molar-refractivity contribution in [2.45, 2.75) is 30.4 Å². The van der Waals surface area contributed by atoms with Crippen LogP contribution < -0.4 is 10.5 Å². The molecule has 0 bridgehead atoms. The second-order valence-electron chi connectivity index (χ2n) is 8.00. The fourth-order valence-corrected chi connectivity index (χ4v) is 4.79. The van der Waals surface area contributed by atoms with Crippen LogP contribution in [0.15, 0.2) is 64.6 Å². The summed E-state index contributed by atoms with van der Waals surface area (Å²) in [7, 11) is -3.83. The van der Waals surface area contributed by atoms with E-state index in [-0.39, 0.29) is 22.2 Å². The maximum atomic E-state index is 12.6. The number of amides is 1. The first-order chi connectivity index (χ1) is 17.5. The molecule has 2 aromatic carbocycles. The molecule has 1 amide bonds. The van der Waals surface area contributed by atoms with Gasteiger partial charge in [-0.05, 0) is 56.3 Å². The number of anilines is 1. The van der Waals surface area contributed by atoms with Gasteiger partial charge < -0.3 is 5.32 Å². The maximum absolute atomic E-state index is 12.6. The van der Waals surface area contributed by atoms with Crippen molar-refractivity contribution in [2.24, 2.45) is 5.14 Å². The summed E-state index contributed by atoms with van der Waals surface area (Å²) in [5.41, 5.74) is 2.72. The van der Waals surface area contributed by atoms with Gasteiger partial charge >= 0.3 is 0 Å². The fraction of sp³-hybridized carbons (Fsp3) is 0.182. The lowest BCUT2D eigenvalue weighted by atomic mass is 10.3. The smallest absolute Gasteiger partial charge is 0.269 e. The number of hydrogen-bond acceptors (Lipinski definition) is 9. The predicted molar refractivity (Wildman–Crippen MR) is 136 cm³/mol. The SMILES string of the molecule is Cc1cc(C)n(Cc2nnc(SCC(=O)Nc3ccc(S(N)(=O)=O)cc3)n2-c2ccc([N+](=O)[O-])cc2)n1. The van der Waals surface area contributed by atoms with Crippen molar-refractivity contribution in [3.8, 4) is 5.69 Å². The number of nitrogens with one attached hydrogen (secondary N) is 1. The number of thioether (sulfide) groups is 1. The molecule has 0 fully saturated rings. The average Bonchev–Trinajstić information content (AvgIpc) is 3.39. The standard InChI is InChI=1S/C22H22N8O5S2/c1-14-11-15(2)28(27-14)12-20-25-26-22(29(20)17-5-7-18(8-6-17)30(32)33)36-13-21(31)24-16-3-9-19(10-4-16)37(23,34)35/h3-11H,12-13H2,1-2H3,(H,24,31)(H2,23,34,35). The van der Waals surface area contributed by atoms with Gasteiger partial charge in [-0.1, -0.05) is 11.8 Å². The van der Waals surface area contributed by atoms with Crippen LogP contribution >= 0.6 is 11.8 Å². The largest absolute Gasteiger partial charge is 0.325 e. The highest BCUT2D eigenvalue weighted by atomic mass is 32.2. The number of carbonyl (C=O) groups is 1. The fourth-order valence-electron chi connectivity index (χ4n) is 3.50. The third kappa shape index (κ3) is 6.19. The molecule has 15 heteroatoms. The van der Waals surface area contributed by atoms with Gasteiger partial charge in [-0.15, -0.1) is 10.2 Å². The molecule has 2 aromatic heterocycles. The van der Waals surface area contributed by atoms with Crippen molar-refractivity contribution in [3.63, 3.8) is 0 Å². The van der Waals surface area contributed by atoms with E-state index in [1.807, 2.05) is 19.9 Å². The summed E-state index contributed by atoms with van der Waals surface area (Å²) >= 11 is 1.13. The maximum Gasteiger partial charge on any atom is 0.269 e. The molecule has 4 aromatic rings. The molecule has 4 rings (SSSR count). The molecular weight excluding hydrogens is 520 g/mol. The van der Waals surface area contributed by atoms with Gasteiger partial charge in [-0.25, -0.2) is 13.6 Å². The zero-order valence-corrected chi connectivity index (χ0v) is 21.4. The van der Waals surface area contributed by atoms with Crippen molar-refractivity contribution in [1.29, 1.82) is 0 Å². The predicted octanol–water partition coefficient (Wildman–Crippen LogP) is 2.42. The van der Waals surface area contributed by atoms with Gasteiger partial charge in [0.2, 0.25) is 15.9 Å². The molecule has 37 heavy (non-hydrogen) atoms. The van der Waals surface area contributed by atoms with E-state index < -0.39 is 14.9 Å². The second-order valence-corrected chi connectivity index (χ2v) is 10.5. The number of nitro benzene ring substituents is 1. The minimum atomic E-state index is -3.83. The van der Waals surface area contributed by atoms with E-state index in [1.165, 1.54) is 36.4 Å². The van der Waals surface area contributed by atoms with Crippen LogP contribution in [-0.2, 0) is 21.4 Å². The highest BCUT2D eigenvalue weighted by molar-refractivity contribution is 7.99. The first-order valence-electron chi connectivity index (χ1n) is 10.8. The number of nitrogens with zero attached hydrogens (tertiary/aromatic N) is 6.